The molecule has 0 radical (unpaired) electrons. The van der Waals surface area contributed by atoms with Gasteiger partial charge in [0.25, 0.3) is 0 Å². The number of rotatable bonds is 2. The van der Waals surface area contributed by atoms with Gasteiger partial charge in [-0.15, -0.1) is 0 Å². The van der Waals surface area contributed by atoms with Crippen LogP contribution in [0.25, 0.3) is 0 Å². The van der Waals surface area contributed by atoms with Crippen molar-refractivity contribution in [1.29, 1.82) is 0 Å². The Bertz CT molecular complexity index is 343. The fraction of sp³-hybridized carbons (Fsp3) is 0.375. The summed E-state index contributed by atoms with van der Waals surface area (Å²) in [7, 11) is -3.19. The predicted octanol–water partition coefficient (Wildman–Crippen LogP) is 1.26. The van der Waals surface area contributed by atoms with Crippen LogP contribution in [-0.2, 0) is 9.84 Å². The number of aromatic nitrogens is 1. The van der Waals surface area contributed by atoms with Gasteiger partial charge in [-0.2, -0.15) is 0 Å². The number of hydrogen-bond acceptors (Lipinski definition) is 3. The predicted molar refractivity (Wildman–Crippen MR) is 46.6 cm³/mol. The maximum Gasteiger partial charge on any atom is 0.197 e. The van der Waals surface area contributed by atoms with E-state index >= 15 is 0 Å². The SMILES string of the molecule is CC(C)S(=O)(=O)c1ccccn1. The van der Waals surface area contributed by atoms with Gasteiger partial charge < -0.3 is 0 Å². The summed E-state index contributed by atoms with van der Waals surface area (Å²) in [4.78, 5) is 3.78. The van der Waals surface area contributed by atoms with E-state index in [4.69, 9.17) is 0 Å². The highest BCUT2D eigenvalue weighted by Gasteiger charge is 2.19. The molecular weight excluding hydrogens is 174 g/mol. The number of pyridine rings is 1. The largest absolute Gasteiger partial charge is 0.245 e. The van der Waals surface area contributed by atoms with E-state index in [-0.39, 0.29) is 5.03 Å². The molecule has 0 fully saturated rings. The Hall–Kier alpha value is -0.900. The van der Waals surface area contributed by atoms with Crippen LogP contribution in [-0.4, -0.2) is 18.7 Å². The lowest BCUT2D eigenvalue weighted by Gasteiger charge is -2.05. The Kier molecular flexibility index (Phi) is 2.47. The van der Waals surface area contributed by atoms with Crippen LogP contribution in [0.3, 0.4) is 0 Å². The fourth-order valence-electron chi connectivity index (χ4n) is 0.757. The Morgan fingerprint density at radius 2 is 2.00 bits per heavy atom. The normalized spacial score (nSPS) is 11.9. The summed E-state index contributed by atoms with van der Waals surface area (Å²) < 4.78 is 22.9. The van der Waals surface area contributed by atoms with Gasteiger partial charge in [0.1, 0.15) is 0 Å². The highest BCUT2D eigenvalue weighted by molar-refractivity contribution is 7.91. The molecule has 0 N–H and O–H groups in total. The average molecular weight is 185 g/mol. The summed E-state index contributed by atoms with van der Waals surface area (Å²) in [5.41, 5.74) is 0. The topological polar surface area (TPSA) is 47.0 Å². The number of sulfone groups is 1. The summed E-state index contributed by atoms with van der Waals surface area (Å²) in [5.74, 6) is 0. The van der Waals surface area contributed by atoms with Crippen molar-refractivity contribution >= 4 is 9.84 Å². The van der Waals surface area contributed by atoms with Crippen molar-refractivity contribution in [3.63, 3.8) is 0 Å². The molecule has 0 spiro atoms. The first-order chi connectivity index (χ1) is 5.55. The molecule has 12 heavy (non-hydrogen) atoms. The molecule has 3 nitrogen and oxygen atoms in total. The zero-order valence-electron chi connectivity index (χ0n) is 7.06. The summed E-state index contributed by atoms with van der Waals surface area (Å²) in [6.45, 7) is 3.29. The zero-order valence-corrected chi connectivity index (χ0v) is 7.88. The van der Waals surface area contributed by atoms with Crippen LogP contribution in [0.2, 0.25) is 0 Å². The first-order valence-electron chi connectivity index (χ1n) is 3.70. The van der Waals surface area contributed by atoms with Crippen molar-refractivity contribution in [3.05, 3.63) is 24.4 Å². The van der Waals surface area contributed by atoms with E-state index < -0.39 is 15.1 Å². The van der Waals surface area contributed by atoms with Gasteiger partial charge in [-0.05, 0) is 26.0 Å². The Morgan fingerprint density at radius 1 is 1.33 bits per heavy atom. The molecule has 0 aromatic carbocycles. The van der Waals surface area contributed by atoms with Crippen molar-refractivity contribution in [2.45, 2.75) is 24.1 Å². The maximum absolute atomic E-state index is 11.5. The summed E-state index contributed by atoms with van der Waals surface area (Å²) in [5, 5.41) is -0.257. The first kappa shape index (κ1) is 9.19. The molecule has 1 aromatic heterocycles. The molecule has 4 heteroatoms. The van der Waals surface area contributed by atoms with Crippen molar-refractivity contribution < 1.29 is 8.42 Å². The summed E-state index contributed by atoms with van der Waals surface area (Å²) in [6.07, 6.45) is 1.48. The van der Waals surface area contributed by atoms with E-state index in [9.17, 15) is 8.42 Å². The minimum atomic E-state index is -3.19. The highest BCUT2D eigenvalue weighted by atomic mass is 32.2. The van der Waals surface area contributed by atoms with Crippen LogP contribution in [0, 0.1) is 0 Å². The van der Waals surface area contributed by atoms with E-state index in [0.29, 0.717) is 0 Å². The second kappa shape index (κ2) is 3.23. The Balaban J connectivity index is 3.17. The zero-order chi connectivity index (χ0) is 9.19. The van der Waals surface area contributed by atoms with Crippen molar-refractivity contribution in [1.82, 2.24) is 4.98 Å². The molecule has 0 saturated carbocycles. The van der Waals surface area contributed by atoms with Crippen LogP contribution in [0.4, 0.5) is 0 Å². The van der Waals surface area contributed by atoms with Gasteiger partial charge in [-0.1, -0.05) is 6.07 Å². The lowest BCUT2D eigenvalue weighted by Crippen LogP contribution is -2.15. The Morgan fingerprint density at radius 3 is 2.42 bits per heavy atom. The molecular formula is C8H11NO2S. The second-order valence-electron chi connectivity index (χ2n) is 2.76. The van der Waals surface area contributed by atoms with Gasteiger partial charge in [0.2, 0.25) is 0 Å². The molecule has 1 aromatic rings. The Labute approximate surface area is 72.4 Å². The third-order valence-corrected chi connectivity index (χ3v) is 3.62. The van der Waals surface area contributed by atoms with Crippen molar-refractivity contribution in [2.24, 2.45) is 0 Å². The van der Waals surface area contributed by atoms with E-state index in [1.54, 1.807) is 26.0 Å². The van der Waals surface area contributed by atoms with Crippen LogP contribution in [0.1, 0.15) is 13.8 Å². The van der Waals surface area contributed by atoms with Gasteiger partial charge in [0.05, 0.1) is 5.25 Å². The van der Waals surface area contributed by atoms with Crippen molar-refractivity contribution in [3.8, 4) is 0 Å². The van der Waals surface area contributed by atoms with Crippen LogP contribution in [0.5, 0.6) is 0 Å². The van der Waals surface area contributed by atoms with Gasteiger partial charge >= 0.3 is 0 Å². The molecule has 0 aliphatic carbocycles. The monoisotopic (exact) mass is 185 g/mol. The molecule has 0 unspecified atom stereocenters. The van der Waals surface area contributed by atoms with Crippen LogP contribution in [0.15, 0.2) is 29.4 Å². The quantitative estimate of drug-likeness (QED) is 0.697. The van der Waals surface area contributed by atoms with Gasteiger partial charge in [0, 0.05) is 6.20 Å². The molecule has 0 aliphatic rings. The molecule has 0 amide bonds. The third-order valence-electron chi connectivity index (χ3n) is 1.55. The first-order valence-corrected chi connectivity index (χ1v) is 5.24. The molecule has 1 heterocycles. The van der Waals surface area contributed by atoms with Gasteiger partial charge in [-0.3, -0.25) is 0 Å². The number of nitrogens with zero attached hydrogens (tertiary/aromatic N) is 1. The molecule has 0 aliphatic heterocycles. The smallest absolute Gasteiger partial charge is 0.197 e. The lowest BCUT2D eigenvalue weighted by atomic mass is 10.5. The third kappa shape index (κ3) is 1.64. The van der Waals surface area contributed by atoms with Crippen LogP contribution >= 0.6 is 0 Å². The van der Waals surface area contributed by atoms with Crippen LogP contribution < -0.4 is 0 Å². The second-order valence-corrected chi connectivity index (χ2v) is 5.21. The lowest BCUT2D eigenvalue weighted by molar-refractivity contribution is 0.583. The molecule has 0 atom stereocenters. The summed E-state index contributed by atoms with van der Waals surface area (Å²) >= 11 is 0. The van der Waals surface area contributed by atoms with E-state index in [1.165, 1.54) is 12.3 Å². The van der Waals surface area contributed by atoms with E-state index in [1.807, 2.05) is 0 Å². The van der Waals surface area contributed by atoms with Gasteiger partial charge in [-0.25, -0.2) is 13.4 Å². The minimum absolute atomic E-state index is 0.153. The van der Waals surface area contributed by atoms with E-state index in [2.05, 4.69) is 4.98 Å². The standard InChI is InChI=1S/C8H11NO2S/c1-7(2)12(10,11)8-5-3-4-6-9-8/h3-7H,1-2H3. The average Bonchev–Trinajstić information content (AvgIpc) is 2.06. The summed E-state index contributed by atoms with van der Waals surface area (Å²) in [6, 6.07) is 4.87. The molecule has 0 saturated heterocycles. The number of hydrogen-bond donors (Lipinski definition) is 0. The highest BCUT2D eigenvalue weighted by Crippen LogP contribution is 2.11. The van der Waals surface area contributed by atoms with Gasteiger partial charge in [0.15, 0.2) is 14.9 Å². The maximum atomic E-state index is 11.5. The fourth-order valence-corrected chi connectivity index (χ4v) is 1.72. The molecule has 1 rings (SSSR count). The van der Waals surface area contributed by atoms with E-state index in [0.717, 1.165) is 0 Å². The molecule has 0 bridgehead atoms. The molecule has 66 valence electrons. The van der Waals surface area contributed by atoms with Crippen molar-refractivity contribution in [2.75, 3.05) is 0 Å². The minimum Gasteiger partial charge on any atom is -0.245 e.